The van der Waals surface area contributed by atoms with Gasteiger partial charge in [-0.25, -0.2) is 12.8 Å². The van der Waals surface area contributed by atoms with Gasteiger partial charge >= 0.3 is 0 Å². The van der Waals surface area contributed by atoms with Crippen molar-refractivity contribution in [2.24, 2.45) is 0 Å². The maximum absolute atomic E-state index is 13.3. The van der Waals surface area contributed by atoms with Crippen molar-refractivity contribution >= 4 is 15.7 Å². The summed E-state index contributed by atoms with van der Waals surface area (Å²) in [6, 6.07) is 4.31. The van der Waals surface area contributed by atoms with Crippen LogP contribution in [0, 0.1) is 5.82 Å². The van der Waals surface area contributed by atoms with Crippen molar-refractivity contribution in [2.45, 2.75) is 13.0 Å². The van der Waals surface area contributed by atoms with Gasteiger partial charge in [-0.15, -0.1) is 0 Å². The summed E-state index contributed by atoms with van der Waals surface area (Å²) in [7, 11) is -3.17. The number of halogens is 1. The van der Waals surface area contributed by atoms with Crippen LogP contribution in [0.4, 0.5) is 10.1 Å². The third kappa shape index (κ3) is 3.28. The quantitative estimate of drug-likeness (QED) is 0.903. The summed E-state index contributed by atoms with van der Waals surface area (Å²) in [5, 5.41) is 9.74. The van der Waals surface area contributed by atoms with Crippen molar-refractivity contribution in [1.29, 1.82) is 0 Å². The molecule has 1 saturated heterocycles. The number of rotatable bonds is 3. The van der Waals surface area contributed by atoms with E-state index in [4.69, 9.17) is 0 Å². The molecule has 0 amide bonds. The molecule has 1 aromatic rings. The highest BCUT2D eigenvalue weighted by Crippen LogP contribution is 2.28. The van der Waals surface area contributed by atoms with Crippen molar-refractivity contribution in [3.8, 4) is 0 Å². The summed E-state index contributed by atoms with van der Waals surface area (Å²) < 4.78 is 37.6. The number of aliphatic hydroxyl groups is 1. The normalized spacial score (nSPS) is 19.1. The van der Waals surface area contributed by atoms with Gasteiger partial charge in [-0.2, -0.15) is 4.31 Å². The Bertz CT molecular complexity index is 581. The van der Waals surface area contributed by atoms with Gasteiger partial charge in [-0.05, 0) is 25.1 Å². The third-order valence-corrected chi connectivity index (χ3v) is 4.79. The number of sulfonamides is 1. The lowest BCUT2D eigenvalue weighted by molar-refractivity contribution is 0.199. The van der Waals surface area contributed by atoms with Crippen molar-refractivity contribution in [3.05, 3.63) is 29.6 Å². The summed E-state index contributed by atoms with van der Waals surface area (Å²) >= 11 is 0. The molecule has 0 bridgehead atoms. The van der Waals surface area contributed by atoms with Crippen LogP contribution >= 0.6 is 0 Å². The highest BCUT2D eigenvalue weighted by atomic mass is 32.2. The maximum atomic E-state index is 13.3. The van der Waals surface area contributed by atoms with E-state index in [9.17, 15) is 17.9 Å². The second-order valence-corrected chi connectivity index (χ2v) is 7.01. The number of benzene rings is 1. The Labute approximate surface area is 118 Å². The Balaban J connectivity index is 2.19. The zero-order valence-electron chi connectivity index (χ0n) is 11.6. The van der Waals surface area contributed by atoms with Crippen molar-refractivity contribution in [2.75, 3.05) is 37.3 Å². The molecule has 1 N–H and O–H groups in total. The minimum Gasteiger partial charge on any atom is -0.389 e. The lowest BCUT2D eigenvalue weighted by Crippen LogP contribution is -2.48. The molecule has 0 saturated carbocycles. The van der Waals surface area contributed by atoms with Crippen molar-refractivity contribution < 1.29 is 17.9 Å². The average molecular weight is 302 g/mol. The number of aliphatic hydroxyl groups excluding tert-OH is 1. The number of anilines is 1. The van der Waals surface area contributed by atoms with Crippen molar-refractivity contribution in [1.82, 2.24) is 4.31 Å². The third-order valence-electron chi connectivity index (χ3n) is 3.49. The first-order chi connectivity index (χ1) is 9.29. The molecule has 1 aliphatic rings. The summed E-state index contributed by atoms with van der Waals surface area (Å²) in [6.45, 7) is 3.44. The van der Waals surface area contributed by atoms with E-state index in [0.717, 1.165) is 5.69 Å². The van der Waals surface area contributed by atoms with Crippen LogP contribution in [0.5, 0.6) is 0 Å². The zero-order chi connectivity index (χ0) is 14.9. The predicted octanol–water partition coefficient (Wildman–Crippen LogP) is 0.961. The molecule has 1 atom stereocenters. The molecule has 7 heteroatoms. The lowest BCUT2D eigenvalue weighted by Gasteiger charge is -2.36. The number of piperazine rings is 1. The van der Waals surface area contributed by atoms with Crippen LogP contribution in [0.2, 0.25) is 0 Å². The van der Waals surface area contributed by atoms with Gasteiger partial charge in [0, 0.05) is 37.4 Å². The molecule has 1 heterocycles. The molecule has 0 spiro atoms. The summed E-state index contributed by atoms with van der Waals surface area (Å²) in [5.74, 6) is -0.389. The summed E-state index contributed by atoms with van der Waals surface area (Å²) in [6.07, 6.45) is 0.426. The minimum absolute atomic E-state index is 0.389. The van der Waals surface area contributed by atoms with E-state index in [1.807, 2.05) is 4.90 Å². The lowest BCUT2D eigenvalue weighted by atomic mass is 10.1. The van der Waals surface area contributed by atoms with Gasteiger partial charge in [0.2, 0.25) is 10.0 Å². The fraction of sp³-hybridized carbons (Fsp3) is 0.538. The van der Waals surface area contributed by atoms with E-state index in [1.54, 1.807) is 13.0 Å². The topological polar surface area (TPSA) is 60.9 Å². The molecule has 112 valence electrons. The van der Waals surface area contributed by atoms with Gasteiger partial charge in [0.15, 0.2) is 0 Å². The summed E-state index contributed by atoms with van der Waals surface area (Å²) in [5.41, 5.74) is 1.28. The Morgan fingerprint density at radius 2 is 1.85 bits per heavy atom. The van der Waals surface area contributed by atoms with Gasteiger partial charge < -0.3 is 10.0 Å². The predicted molar refractivity (Wildman–Crippen MR) is 75.7 cm³/mol. The van der Waals surface area contributed by atoms with Crippen LogP contribution in [0.25, 0.3) is 0 Å². The molecule has 1 aliphatic heterocycles. The van der Waals surface area contributed by atoms with E-state index < -0.39 is 16.1 Å². The number of hydrogen-bond donors (Lipinski definition) is 1. The fourth-order valence-electron chi connectivity index (χ4n) is 2.41. The molecule has 20 heavy (non-hydrogen) atoms. The molecular formula is C13H19FN2O3S. The number of nitrogens with zero attached hydrogens (tertiary/aromatic N) is 2. The molecule has 2 rings (SSSR count). The van der Waals surface area contributed by atoms with Gasteiger partial charge in [0.1, 0.15) is 5.82 Å². The van der Waals surface area contributed by atoms with Gasteiger partial charge in [0.25, 0.3) is 0 Å². The standard InChI is InChI=1S/C13H19FN2O3S/c1-10(17)12-9-11(14)3-4-13(12)15-5-7-16(8-6-15)20(2,18)19/h3-4,9-10,17H,5-8H2,1-2H3. The molecule has 1 aromatic carbocycles. The Morgan fingerprint density at radius 3 is 2.35 bits per heavy atom. The van der Waals surface area contributed by atoms with E-state index in [1.165, 1.54) is 22.7 Å². The molecular weight excluding hydrogens is 283 g/mol. The molecule has 1 unspecified atom stereocenters. The van der Waals surface area contributed by atoms with Crippen LogP contribution < -0.4 is 4.90 Å². The zero-order valence-corrected chi connectivity index (χ0v) is 12.4. The Hall–Kier alpha value is -1.18. The van der Waals surface area contributed by atoms with E-state index in [2.05, 4.69) is 0 Å². The van der Waals surface area contributed by atoms with Crippen LogP contribution in [-0.2, 0) is 10.0 Å². The average Bonchev–Trinajstić information content (AvgIpc) is 2.37. The summed E-state index contributed by atoms with van der Waals surface area (Å²) in [4.78, 5) is 1.98. The second-order valence-electron chi connectivity index (χ2n) is 5.03. The van der Waals surface area contributed by atoms with Crippen LogP contribution in [0.3, 0.4) is 0 Å². The molecule has 0 radical (unpaired) electrons. The van der Waals surface area contributed by atoms with Gasteiger partial charge in [-0.3, -0.25) is 0 Å². The van der Waals surface area contributed by atoms with E-state index in [-0.39, 0.29) is 5.82 Å². The molecule has 5 nitrogen and oxygen atoms in total. The maximum Gasteiger partial charge on any atom is 0.211 e. The van der Waals surface area contributed by atoms with Crippen LogP contribution in [-0.4, -0.2) is 50.3 Å². The second kappa shape index (κ2) is 5.67. The minimum atomic E-state index is -3.17. The molecule has 0 aliphatic carbocycles. The van der Waals surface area contributed by atoms with Crippen LogP contribution in [0.15, 0.2) is 18.2 Å². The first-order valence-electron chi connectivity index (χ1n) is 6.46. The highest BCUT2D eigenvalue weighted by Gasteiger charge is 2.25. The Kier molecular flexibility index (Phi) is 4.31. The first kappa shape index (κ1) is 15.2. The van der Waals surface area contributed by atoms with Gasteiger partial charge in [0.05, 0.1) is 12.4 Å². The monoisotopic (exact) mass is 302 g/mol. The van der Waals surface area contributed by atoms with Crippen molar-refractivity contribution in [3.63, 3.8) is 0 Å². The van der Waals surface area contributed by atoms with E-state index in [0.29, 0.717) is 31.7 Å². The van der Waals surface area contributed by atoms with Gasteiger partial charge in [-0.1, -0.05) is 0 Å². The molecule has 1 fully saturated rings. The van der Waals surface area contributed by atoms with E-state index >= 15 is 0 Å². The SMILES string of the molecule is CC(O)c1cc(F)ccc1N1CCN(S(C)(=O)=O)CC1. The number of hydrogen-bond acceptors (Lipinski definition) is 4. The first-order valence-corrected chi connectivity index (χ1v) is 8.31. The Morgan fingerprint density at radius 1 is 1.25 bits per heavy atom. The molecule has 0 aromatic heterocycles. The highest BCUT2D eigenvalue weighted by molar-refractivity contribution is 7.88. The smallest absolute Gasteiger partial charge is 0.211 e. The fourth-order valence-corrected chi connectivity index (χ4v) is 3.24. The van der Waals surface area contributed by atoms with Crippen LogP contribution in [0.1, 0.15) is 18.6 Å². The largest absolute Gasteiger partial charge is 0.389 e.